The Kier molecular flexibility index (Phi) is 2.65. The molecule has 1 aromatic heterocycles. The highest BCUT2D eigenvalue weighted by molar-refractivity contribution is 9.08. The van der Waals surface area contributed by atoms with E-state index in [-0.39, 0.29) is 0 Å². The van der Waals surface area contributed by atoms with Crippen molar-refractivity contribution in [2.75, 3.05) is 12.8 Å². The quantitative estimate of drug-likeness (QED) is 0.671. The van der Waals surface area contributed by atoms with E-state index in [1.165, 1.54) is 5.56 Å². The average molecular weight is 272 g/mol. The number of alkyl halides is 1. The molecule has 0 amide bonds. The van der Waals surface area contributed by atoms with Gasteiger partial charge in [-0.15, -0.1) is 0 Å². The van der Waals surface area contributed by atoms with Crippen LogP contribution < -0.4 is 10.5 Å². The van der Waals surface area contributed by atoms with Crippen LogP contribution in [0.2, 0.25) is 0 Å². The number of ether oxygens (including phenoxy) is 1. The second-order valence-electron chi connectivity index (χ2n) is 3.01. The van der Waals surface area contributed by atoms with E-state index in [9.17, 15) is 0 Å². The normalized spacial score (nSPS) is 10.7. The topological polar surface area (TPSA) is 35.2 Å². The summed E-state index contributed by atoms with van der Waals surface area (Å²) in [5, 5.41) is 2.88. The van der Waals surface area contributed by atoms with Crippen LogP contribution in [0.3, 0.4) is 0 Å². The largest absolute Gasteiger partial charge is 0.487 e. The number of fused-ring (bicyclic) bond motifs is 1. The minimum atomic E-state index is 0.824. The van der Waals surface area contributed by atoms with E-state index in [4.69, 9.17) is 10.5 Å². The number of nitrogen functional groups attached to an aromatic ring is 1. The Labute approximate surface area is 94.8 Å². The first-order valence-corrected chi connectivity index (χ1v) is 6.10. The van der Waals surface area contributed by atoms with Gasteiger partial charge in [0.05, 0.1) is 11.8 Å². The lowest BCUT2D eigenvalue weighted by Crippen LogP contribution is -1.86. The monoisotopic (exact) mass is 271 g/mol. The number of anilines is 1. The number of hydrogen-bond acceptors (Lipinski definition) is 3. The van der Waals surface area contributed by atoms with Gasteiger partial charge in [0, 0.05) is 11.0 Å². The Bertz CT molecular complexity index is 466. The second kappa shape index (κ2) is 3.79. The molecule has 74 valence electrons. The highest BCUT2D eigenvalue weighted by atomic mass is 79.9. The number of methoxy groups -OCH3 is 1. The molecular weight excluding hydrogens is 262 g/mol. The molecule has 0 fully saturated rings. The zero-order valence-electron chi connectivity index (χ0n) is 7.71. The van der Waals surface area contributed by atoms with E-state index in [1.54, 1.807) is 18.4 Å². The lowest BCUT2D eigenvalue weighted by atomic mass is 10.1. The van der Waals surface area contributed by atoms with Gasteiger partial charge in [-0.05, 0) is 29.1 Å². The molecule has 0 saturated heterocycles. The summed E-state index contributed by atoms with van der Waals surface area (Å²) in [5.41, 5.74) is 7.95. The molecule has 2 rings (SSSR count). The zero-order chi connectivity index (χ0) is 10.1. The standard InChI is InChI=1S/C10H10BrNOS/c1-13-9-4-7-2-6(5-11)3-8(12)10(7)14-9/h2-4H,5,12H2,1H3. The number of halogens is 1. The Morgan fingerprint density at radius 1 is 1.43 bits per heavy atom. The van der Waals surface area contributed by atoms with E-state index >= 15 is 0 Å². The summed E-state index contributed by atoms with van der Waals surface area (Å²) in [6.07, 6.45) is 0. The molecule has 0 aliphatic carbocycles. The molecule has 0 bridgehead atoms. The first kappa shape index (κ1) is 9.80. The van der Waals surface area contributed by atoms with Gasteiger partial charge in [-0.25, -0.2) is 0 Å². The van der Waals surface area contributed by atoms with E-state index in [0.29, 0.717) is 0 Å². The molecule has 0 unspecified atom stereocenters. The number of benzene rings is 1. The van der Waals surface area contributed by atoms with Crippen molar-refractivity contribution in [2.45, 2.75) is 5.33 Å². The van der Waals surface area contributed by atoms with Crippen molar-refractivity contribution in [2.24, 2.45) is 0 Å². The molecule has 0 aliphatic heterocycles. The molecule has 14 heavy (non-hydrogen) atoms. The van der Waals surface area contributed by atoms with Crippen molar-refractivity contribution in [1.82, 2.24) is 0 Å². The van der Waals surface area contributed by atoms with Gasteiger partial charge in [0.25, 0.3) is 0 Å². The van der Waals surface area contributed by atoms with E-state index in [2.05, 4.69) is 22.0 Å². The number of thiophene rings is 1. The van der Waals surface area contributed by atoms with Gasteiger partial charge in [0.1, 0.15) is 0 Å². The van der Waals surface area contributed by atoms with Crippen LogP contribution in [-0.4, -0.2) is 7.11 Å². The minimum absolute atomic E-state index is 0.824. The molecule has 0 spiro atoms. The molecule has 2 aromatic rings. The van der Waals surface area contributed by atoms with Crippen LogP contribution in [0.4, 0.5) is 5.69 Å². The van der Waals surface area contributed by atoms with E-state index < -0.39 is 0 Å². The third-order valence-electron chi connectivity index (χ3n) is 2.04. The van der Waals surface area contributed by atoms with Crippen molar-refractivity contribution in [3.8, 4) is 5.06 Å². The van der Waals surface area contributed by atoms with Crippen molar-refractivity contribution >= 4 is 43.0 Å². The average Bonchev–Trinajstić information content (AvgIpc) is 2.61. The Hall–Kier alpha value is -0.740. The van der Waals surface area contributed by atoms with E-state index in [1.807, 2.05) is 12.1 Å². The van der Waals surface area contributed by atoms with Crippen LogP contribution in [0.25, 0.3) is 10.1 Å². The van der Waals surface area contributed by atoms with Crippen LogP contribution >= 0.6 is 27.3 Å². The lowest BCUT2D eigenvalue weighted by Gasteiger charge is -1.99. The van der Waals surface area contributed by atoms with Gasteiger partial charge in [-0.3, -0.25) is 0 Å². The lowest BCUT2D eigenvalue weighted by molar-refractivity contribution is 0.427. The molecule has 2 N–H and O–H groups in total. The van der Waals surface area contributed by atoms with Crippen molar-refractivity contribution in [1.29, 1.82) is 0 Å². The van der Waals surface area contributed by atoms with Crippen LogP contribution in [0.1, 0.15) is 5.56 Å². The molecule has 0 radical (unpaired) electrons. The van der Waals surface area contributed by atoms with Gasteiger partial charge >= 0.3 is 0 Å². The summed E-state index contributed by atoms with van der Waals surface area (Å²) in [5.74, 6) is 0. The van der Waals surface area contributed by atoms with Crippen LogP contribution in [0.5, 0.6) is 5.06 Å². The van der Waals surface area contributed by atoms with Crippen LogP contribution in [0.15, 0.2) is 18.2 Å². The predicted octanol–water partition coefficient (Wildman–Crippen LogP) is 3.39. The fraction of sp³-hybridized carbons (Fsp3) is 0.200. The third kappa shape index (κ3) is 1.60. The molecular formula is C10H10BrNOS. The Morgan fingerprint density at radius 3 is 2.86 bits per heavy atom. The maximum absolute atomic E-state index is 5.93. The SMILES string of the molecule is COc1cc2cc(CBr)cc(N)c2s1. The molecule has 4 heteroatoms. The molecule has 1 heterocycles. The summed E-state index contributed by atoms with van der Waals surface area (Å²) in [6, 6.07) is 6.13. The number of rotatable bonds is 2. The summed E-state index contributed by atoms with van der Waals surface area (Å²) in [4.78, 5) is 0. The summed E-state index contributed by atoms with van der Waals surface area (Å²) < 4.78 is 6.28. The minimum Gasteiger partial charge on any atom is -0.487 e. The third-order valence-corrected chi connectivity index (χ3v) is 3.85. The molecule has 2 nitrogen and oxygen atoms in total. The molecule has 0 saturated carbocycles. The first-order valence-electron chi connectivity index (χ1n) is 4.16. The number of nitrogens with two attached hydrogens (primary N) is 1. The Morgan fingerprint density at radius 2 is 2.21 bits per heavy atom. The van der Waals surface area contributed by atoms with E-state index in [0.717, 1.165) is 26.2 Å². The maximum atomic E-state index is 5.93. The smallest absolute Gasteiger partial charge is 0.174 e. The molecule has 1 aromatic carbocycles. The fourth-order valence-corrected chi connectivity index (χ4v) is 2.61. The van der Waals surface area contributed by atoms with Gasteiger partial charge in [-0.2, -0.15) is 0 Å². The summed E-state index contributed by atoms with van der Waals surface area (Å²) in [6.45, 7) is 0. The molecule has 0 atom stereocenters. The van der Waals surface area contributed by atoms with Crippen LogP contribution in [0, 0.1) is 0 Å². The zero-order valence-corrected chi connectivity index (χ0v) is 10.1. The summed E-state index contributed by atoms with van der Waals surface area (Å²) in [7, 11) is 1.67. The van der Waals surface area contributed by atoms with Crippen molar-refractivity contribution in [3.63, 3.8) is 0 Å². The fourth-order valence-electron chi connectivity index (χ4n) is 1.40. The van der Waals surface area contributed by atoms with Gasteiger partial charge < -0.3 is 10.5 Å². The van der Waals surface area contributed by atoms with Gasteiger partial charge in [0.2, 0.25) is 0 Å². The van der Waals surface area contributed by atoms with Crippen LogP contribution in [-0.2, 0) is 5.33 Å². The maximum Gasteiger partial charge on any atom is 0.174 e. The number of hydrogen-bond donors (Lipinski definition) is 1. The highest BCUT2D eigenvalue weighted by Crippen LogP contribution is 2.36. The van der Waals surface area contributed by atoms with Gasteiger partial charge in [0.15, 0.2) is 5.06 Å². The van der Waals surface area contributed by atoms with Crippen molar-refractivity contribution in [3.05, 3.63) is 23.8 Å². The van der Waals surface area contributed by atoms with Crippen molar-refractivity contribution < 1.29 is 4.74 Å². The second-order valence-corrected chi connectivity index (χ2v) is 4.58. The van der Waals surface area contributed by atoms with Gasteiger partial charge in [-0.1, -0.05) is 27.3 Å². The highest BCUT2D eigenvalue weighted by Gasteiger charge is 2.06. The Balaban J connectivity index is 2.67. The first-order chi connectivity index (χ1) is 6.74. The molecule has 0 aliphatic rings. The summed E-state index contributed by atoms with van der Waals surface area (Å²) >= 11 is 5.00. The predicted molar refractivity (Wildman–Crippen MR) is 65.4 cm³/mol.